The minimum absolute atomic E-state index is 0.00433. The van der Waals surface area contributed by atoms with Gasteiger partial charge < -0.3 is 14.7 Å². The Morgan fingerprint density at radius 3 is 2.35 bits per heavy atom. The summed E-state index contributed by atoms with van der Waals surface area (Å²) in [6.45, 7) is 1.81. The summed E-state index contributed by atoms with van der Waals surface area (Å²) in [5.74, 6) is -0.633. The van der Waals surface area contributed by atoms with E-state index in [-0.39, 0.29) is 52.1 Å². The molecule has 46 heavy (non-hydrogen) atoms. The molecule has 2 fully saturated rings. The highest BCUT2D eigenvalue weighted by Crippen LogP contribution is 2.34. The van der Waals surface area contributed by atoms with E-state index in [1.165, 1.54) is 16.8 Å². The van der Waals surface area contributed by atoms with Crippen molar-refractivity contribution >= 4 is 57.0 Å². The largest absolute Gasteiger partial charge is 0.486 e. The predicted octanol–water partition coefficient (Wildman–Crippen LogP) is 3.32. The number of nitrogens with zero attached hydrogens (tertiary/aromatic N) is 5. The van der Waals surface area contributed by atoms with E-state index in [1.807, 2.05) is 61.5 Å². The topological polar surface area (TPSA) is 130 Å². The fraction of sp³-hybridized carbons (Fsp3) is 0.242. The summed E-state index contributed by atoms with van der Waals surface area (Å²) in [5, 5.41) is 7.03. The van der Waals surface area contributed by atoms with Crippen LogP contribution in [0, 0.1) is 6.92 Å². The van der Waals surface area contributed by atoms with Crippen LogP contribution in [0.5, 0.6) is 0 Å². The maximum Gasteiger partial charge on any atom is 0.289 e. The van der Waals surface area contributed by atoms with E-state index in [1.54, 1.807) is 41.1 Å². The average Bonchev–Trinajstić information content (AvgIpc) is 3.78. The molecule has 1 aromatic heterocycles. The molecule has 1 saturated carbocycles. The molecule has 1 saturated heterocycles. The fourth-order valence-electron chi connectivity index (χ4n) is 5.14. The first-order chi connectivity index (χ1) is 22.1. The molecule has 2 heterocycles. The number of thiocarbonyl (C=S) groups is 1. The Hall–Kier alpha value is -4.88. The molecule has 13 heteroatoms. The Bertz CT molecular complexity index is 1980. The Morgan fingerprint density at radius 2 is 1.70 bits per heavy atom. The molecule has 0 spiro atoms. The van der Waals surface area contributed by atoms with E-state index in [0.29, 0.717) is 5.69 Å². The number of rotatable bonds is 10. The monoisotopic (exact) mass is 656 g/mol. The first-order valence-corrected chi connectivity index (χ1v) is 16.6. The van der Waals surface area contributed by atoms with Gasteiger partial charge in [0.1, 0.15) is 19.6 Å². The Kier molecular flexibility index (Phi) is 8.69. The van der Waals surface area contributed by atoms with Gasteiger partial charge in [-0.2, -0.15) is 8.42 Å². The number of aryl methyl sites for hydroxylation is 2. The van der Waals surface area contributed by atoms with Crippen LogP contribution in [0.25, 0.3) is 12.2 Å². The van der Waals surface area contributed by atoms with Crippen molar-refractivity contribution < 1.29 is 27.2 Å². The van der Waals surface area contributed by atoms with Crippen LogP contribution in [-0.4, -0.2) is 47.2 Å². The molecule has 2 aliphatic rings. The lowest BCUT2D eigenvalue weighted by molar-refractivity contribution is -0.752. The zero-order chi connectivity index (χ0) is 32.4. The number of hydrogen-bond acceptors (Lipinski definition) is 6. The van der Waals surface area contributed by atoms with Gasteiger partial charge in [-0.15, -0.1) is 4.40 Å². The second kappa shape index (κ2) is 12.9. The summed E-state index contributed by atoms with van der Waals surface area (Å²) in [4.78, 5) is 30.1. The lowest BCUT2D eigenvalue weighted by Crippen LogP contribution is -2.45. The first kappa shape index (κ1) is 31.1. The number of nitrogens with one attached hydrogen (secondary N) is 1. The molecule has 1 N–H and O–H groups in total. The summed E-state index contributed by atoms with van der Waals surface area (Å²) in [7, 11) is -2.54. The number of carbonyl (C=O) groups excluding carboxylic acids is 2. The van der Waals surface area contributed by atoms with E-state index in [4.69, 9.17) is 16.7 Å². The van der Waals surface area contributed by atoms with Gasteiger partial charge in [0, 0.05) is 11.7 Å². The van der Waals surface area contributed by atoms with Gasteiger partial charge in [0.15, 0.2) is 5.11 Å². The van der Waals surface area contributed by atoms with Crippen molar-refractivity contribution in [2.45, 2.75) is 49.7 Å². The minimum Gasteiger partial charge on any atom is -0.486 e. The summed E-state index contributed by atoms with van der Waals surface area (Å²) >= 11 is 5.73. The van der Waals surface area contributed by atoms with Crippen LogP contribution in [0.1, 0.15) is 41.6 Å². The van der Waals surface area contributed by atoms with Gasteiger partial charge >= 0.3 is 0 Å². The van der Waals surface area contributed by atoms with Crippen LogP contribution in [0.15, 0.2) is 92.7 Å². The molecular formula is C33H32N6O5S2. The van der Waals surface area contributed by atoms with Crippen LogP contribution in [-0.2, 0) is 33.2 Å². The number of anilines is 1. The SMILES string of the molecule is Cc1ccc(S(=O)(=O)/N=c2\o[n-][n+](C)c2CN2C(=S)N(C3CC3)C(=O)C2CC(=O)Nc2ccc(/C=C/c3ccccc3)cc2)cc1. The zero-order valence-electron chi connectivity index (χ0n) is 25.2. The third-order valence-corrected chi connectivity index (χ3v) is 9.54. The molecule has 11 nitrogen and oxygen atoms in total. The first-order valence-electron chi connectivity index (χ1n) is 14.8. The average molecular weight is 657 g/mol. The lowest BCUT2D eigenvalue weighted by Gasteiger charge is -2.22. The second-order valence-corrected chi connectivity index (χ2v) is 13.3. The second-order valence-electron chi connectivity index (χ2n) is 11.3. The van der Waals surface area contributed by atoms with Crippen molar-refractivity contribution in [3.63, 3.8) is 0 Å². The van der Waals surface area contributed by atoms with Crippen LogP contribution >= 0.6 is 12.2 Å². The summed E-state index contributed by atoms with van der Waals surface area (Å²) in [6.07, 6.45) is 5.47. The van der Waals surface area contributed by atoms with Crippen molar-refractivity contribution in [3.05, 3.63) is 107 Å². The van der Waals surface area contributed by atoms with Crippen molar-refractivity contribution in [1.82, 2.24) is 15.1 Å². The predicted molar refractivity (Wildman–Crippen MR) is 174 cm³/mol. The van der Waals surface area contributed by atoms with E-state index in [2.05, 4.69) is 15.0 Å². The highest BCUT2D eigenvalue weighted by Gasteiger charge is 2.49. The Balaban J connectivity index is 1.20. The van der Waals surface area contributed by atoms with Crippen molar-refractivity contribution in [2.75, 3.05) is 5.32 Å². The molecule has 1 atom stereocenters. The molecule has 0 radical (unpaired) electrons. The Labute approximate surface area is 271 Å². The standard InChI is InChI=1S/C33H32N6O5S2/c1-22-8-18-27(19-9-22)46(42,43)35-31-29(37(2)36-44-31)21-38-28(32(41)39(33(38)45)26-16-17-26)20-30(40)34-25-14-12-24(13-15-25)11-10-23-6-4-3-5-7-23/h3-15,18-19,26,28H,16-17,20-21H2,1-2H3,(H,34,40)/b11-10+,35-31-. The summed E-state index contributed by atoms with van der Waals surface area (Å²) in [5.41, 5.74) is 3.60. The van der Waals surface area contributed by atoms with Crippen LogP contribution in [0.2, 0.25) is 0 Å². The van der Waals surface area contributed by atoms with Gasteiger partial charge in [-0.3, -0.25) is 19.8 Å². The lowest BCUT2D eigenvalue weighted by atomic mass is 10.1. The number of hydrogen-bond donors (Lipinski definition) is 1. The number of amides is 2. The maximum atomic E-state index is 13.6. The third-order valence-electron chi connectivity index (χ3n) is 7.83. The van der Waals surface area contributed by atoms with Crippen LogP contribution in [0.3, 0.4) is 0 Å². The van der Waals surface area contributed by atoms with E-state index in [9.17, 15) is 18.0 Å². The fourth-order valence-corrected chi connectivity index (χ4v) is 6.51. The molecule has 1 aliphatic heterocycles. The summed E-state index contributed by atoms with van der Waals surface area (Å²) < 4.78 is 36.7. The highest BCUT2D eigenvalue weighted by molar-refractivity contribution is 7.90. The third kappa shape index (κ3) is 6.85. The van der Waals surface area contributed by atoms with Gasteiger partial charge in [-0.1, -0.05) is 72.3 Å². The zero-order valence-corrected chi connectivity index (χ0v) is 26.9. The number of carbonyl (C=O) groups is 2. The summed E-state index contributed by atoms with van der Waals surface area (Å²) in [6, 6.07) is 22.7. The molecule has 1 aliphatic carbocycles. The van der Waals surface area contributed by atoms with Gasteiger partial charge in [0.05, 0.1) is 11.3 Å². The normalized spacial score (nSPS) is 17.3. The smallest absolute Gasteiger partial charge is 0.289 e. The number of benzene rings is 3. The van der Waals surface area contributed by atoms with Crippen molar-refractivity contribution in [2.24, 2.45) is 11.4 Å². The molecule has 2 amide bonds. The van der Waals surface area contributed by atoms with Crippen molar-refractivity contribution in [1.29, 1.82) is 0 Å². The van der Waals surface area contributed by atoms with Crippen LogP contribution < -0.4 is 20.8 Å². The minimum atomic E-state index is -4.12. The van der Waals surface area contributed by atoms with Gasteiger partial charge in [0.25, 0.3) is 27.2 Å². The van der Waals surface area contributed by atoms with Crippen molar-refractivity contribution in [3.8, 4) is 0 Å². The Morgan fingerprint density at radius 1 is 1.04 bits per heavy atom. The molecule has 6 rings (SSSR count). The molecular weight excluding hydrogens is 625 g/mol. The van der Waals surface area contributed by atoms with E-state index in [0.717, 1.165) is 29.5 Å². The number of aromatic nitrogens is 2. The molecule has 0 bridgehead atoms. The number of sulfonamides is 1. The highest BCUT2D eigenvalue weighted by atomic mass is 32.2. The van der Waals surface area contributed by atoms with Gasteiger partial charge in [0.2, 0.25) is 5.91 Å². The van der Waals surface area contributed by atoms with Gasteiger partial charge in [-0.05, 0) is 67.4 Å². The molecule has 236 valence electrons. The maximum absolute atomic E-state index is 13.6. The molecule has 1 unspecified atom stereocenters. The van der Waals surface area contributed by atoms with Gasteiger partial charge in [-0.25, -0.2) is 4.68 Å². The quantitative estimate of drug-likeness (QED) is 0.156. The molecule has 4 aromatic rings. The molecule has 3 aromatic carbocycles. The van der Waals surface area contributed by atoms with E-state index >= 15 is 0 Å². The van der Waals surface area contributed by atoms with E-state index < -0.39 is 16.1 Å². The van der Waals surface area contributed by atoms with Crippen LogP contribution in [0.4, 0.5) is 5.69 Å².